The SMILES string of the molecule is CCC(C)(N)C(=O)c1ccc(C(F)(F)F)c(F)c1. The summed E-state index contributed by atoms with van der Waals surface area (Å²) in [6, 6.07) is 2.06. The number of benzene rings is 1. The third-order valence-corrected chi connectivity index (χ3v) is 2.79. The number of halogens is 4. The highest BCUT2D eigenvalue weighted by Gasteiger charge is 2.35. The minimum Gasteiger partial charge on any atom is -0.319 e. The second kappa shape index (κ2) is 4.68. The van der Waals surface area contributed by atoms with E-state index in [4.69, 9.17) is 5.73 Å². The zero-order valence-corrected chi connectivity index (χ0v) is 9.94. The van der Waals surface area contributed by atoms with Crippen LogP contribution in [0.25, 0.3) is 0 Å². The maximum Gasteiger partial charge on any atom is 0.419 e. The molecule has 0 saturated carbocycles. The van der Waals surface area contributed by atoms with Crippen LogP contribution in [-0.4, -0.2) is 11.3 Å². The maximum absolute atomic E-state index is 13.3. The predicted molar refractivity (Wildman–Crippen MR) is 58.6 cm³/mol. The van der Waals surface area contributed by atoms with Crippen LogP contribution in [-0.2, 0) is 6.18 Å². The lowest BCUT2D eigenvalue weighted by molar-refractivity contribution is -0.140. The van der Waals surface area contributed by atoms with Gasteiger partial charge in [0.2, 0.25) is 0 Å². The summed E-state index contributed by atoms with van der Waals surface area (Å²) < 4.78 is 50.3. The highest BCUT2D eigenvalue weighted by atomic mass is 19.4. The van der Waals surface area contributed by atoms with Gasteiger partial charge in [0, 0.05) is 5.56 Å². The molecule has 0 radical (unpaired) electrons. The first kappa shape index (κ1) is 14.6. The van der Waals surface area contributed by atoms with E-state index in [2.05, 4.69) is 0 Å². The lowest BCUT2D eigenvalue weighted by Gasteiger charge is -2.21. The number of Topliss-reactive ketones (excluding diaryl/α,β-unsaturated/α-hetero) is 1. The molecule has 1 rings (SSSR count). The number of hydrogen-bond acceptors (Lipinski definition) is 2. The van der Waals surface area contributed by atoms with Crippen molar-refractivity contribution in [3.05, 3.63) is 35.1 Å². The fourth-order valence-corrected chi connectivity index (χ4v) is 1.38. The monoisotopic (exact) mass is 263 g/mol. The first-order chi connectivity index (χ1) is 8.09. The van der Waals surface area contributed by atoms with Crippen molar-refractivity contribution in [2.75, 3.05) is 0 Å². The zero-order valence-electron chi connectivity index (χ0n) is 9.94. The Bertz CT molecular complexity index is 466. The molecule has 0 amide bonds. The summed E-state index contributed by atoms with van der Waals surface area (Å²) in [4.78, 5) is 11.8. The van der Waals surface area contributed by atoms with Gasteiger partial charge < -0.3 is 5.73 Å². The molecular formula is C12H13F4NO. The number of carbonyl (C=O) groups is 1. The second-order valence-corrected chi connectivity index (χ2v) is 4.29. The summed E-state index contributed by atoms with van der Waals surface area (Å²) in [6.07, 6.45) is -4.48. The normalized spacial score (nSPS) is 15.3. The van der Waals surface area contributed by atoms with Crippen molar-refractivity contribution >= 4 is 5.78 Å². The number of nitrogens with two attached hydrogens (primary N) is 1. The third kappa shape index (κ3) is 2.87. The number of rotatable bonds is 3. The van der Waals surface area contributed by atoms with Gasteiger partial charge in [-0.05, 0) is 25.5 Å². The van der Waals surface area contributed by atoms with E-state index >= 15 is 0 Å². The Morgan fingerprint density at radius 1 is 1.33 bits per heavy atom. The first-order valence-electron chi connectivity index (χ1n) is 5.30. The zero-order chi connectivity index (χ0) is 14.1. The first-order valence-corrected chi connectivity index (χ1v) is 5.30. The summed E-state index contributed by atoms with van der Waals surface area (Å²) in [5, 5.41) is 0. The maximum atomic E-state index is 13.3. The van der Waals surface area contributed by atoms with Crippen LogP contribution in [0.3, 0.4) is 0 Å². The largest absolute Gasteiger partial charge is 0.419 e. The molecule has 0 aliphatic carbocycles. The van der Waals surface area contributed by atoms with E-state index in [1.165, 1.54) is 6.92 Å². The topological polar surface area (TPSA) is 43.1 Å². The van der Waals surface area contributed by atoms with Gasteiger partial charge in [0.25, 0.3) is 0 Å². The smallest absolute Gasteiger partial charge is 0.319 e. The van der Waals surface area contributed by atoms with Gasteiger partial charge in [-0.25, -0.2) is 4.39 Å². The van der Waals surface area contributed by atoms with Gasteiger partial charge in [-0.15, -0.1) is 0 Å². The minimum atomic E-state index is -4.78. The lowest BCUT2D eigenvalue weighted by atomic mass is 9.89. The van der Waals surface area contributed by atoms with Crippen molar-refractivity contribution < 1.29 is 22.4 Å². The Labute approximate surface area is 102 Å². The summed E-state index contributed by atoms with van der Waals surface area (Å²) in [6.45, 7) is 3.11. The van der Waals surface area contributed by atoms with Gasteiger partial charge in [-0.1, -0.05) is 13.0 Å². The molecule has 1 atom stereocenters. The molecule has 1 unspecified atom stereocenters. The van der Waals surface area contributed by atoms with Crippen LogP contribution in [0, 0.1) is 5.82 Å². The molecule has 0 heterocycles. The molecule has 18 heavy (non-hydrogen) atoms. The molecule has 2 N–H and O–H groups in total. The number of carbonyl (C=O) groups excluding carboxylic acids is 1. The molecule has 100 valence electrons. The van der Waals surface area contributed by atoms with Gasteiger partial charge in [-0.3, -0.25) is 4.79 Å². The molecule has 0 saturated heterocycles. The molecule has 6 heteroatoms. The highest BCUT2D eigenvalue weighted by molar-refractivity contribution is 6.02. The molecule has 2 nitrogen and oxygen atoms in total. The Kier molecular flexibility index (Phi) is 3.81. The second-order valence-electron chi connectivity index (χ2n) is 4.29. The molecule has 1 aromatic rings. The van der Waals surface area contributed by atoms with Crippen LogP contribution >= 0.6 is 0 Å². The Morgan fingerprint density at radius 2 is 1.89 bits per heavy atom. The van der Waals surface area contributed by atoms with Crippen LogP contribution in [0.2, 0.25) is 0 Å². The highest BCUT2D eigenvalue weighted by Crippen LogP contribution is 2.32. The van der Waals surface area contributed by atoms with E-state index in [9.17, 15) is 22.4 Å². The Hall–Kier alpha value is -1.43. The van der Waals surface area contributed by atoms with Gasteiger partial charge >= 0.3 is 6.18 Å². The van der Waals surface area contributed by atoms with Crippen LogP contribution in [0.15, 0.2) is 18.2 Å². The molecule has 0 aliphatic rings. The van der Waals surface area contributed by atoms with Gasteiger partial charge in [0.15, 0.2) is 5.78 Å². The van der Waals surface area contributed by atoms with E-state index in [1.807, 2.05) is 0 Å². The van der Waals surface area contributed by atoms with E-state index in [-0.39, 0.29) is 5.56 Å². The van der Waals surface area contributed by atoms with Crippen molar-refractivity contribution in [2.24, 2.45) is 5.73 Å². The van der Waals surface area contributed by atoms with Crippen molar-refractivity contribution in [3.63, 3.8) is 0 Å². The number of ketones is 1. The van der Waals surface area contributed by atoms with E-state index in [0.29, 0.717) is 18.6 Å². The third-order valence-electron chi connectivity index (χ3n) is 2.79. The van der Waals surface area contributed by atoms with Crippen molar-refractivity contribution in [2.45, 2.75) is 32.0 Å². The van der Waals surface area contributed by atoms with E-state index < -0.39 is 28.9 Å². The number of alkyl halides is 3. The average Bonchev–Trinajstić information content (AvgIpc) is 2.26. The summed E-state index contributed by atoms with van der Waals surface area (Å²) in [7, 11) is 0. The van der Waals surface area contributed by atoms with Crippen LogP contribution < -0.4 is 5.73 Å². The van der Waals surface area contributed by atoms with Crippen molar-refractivity contribution in [1.82, 2.24) is 0 Å². The molecule has 0 aromatic heterocycles. The minimum absolute atomic E-state index is 0.160. The number of hydrogen-bond donors (Lipinski definition) is 1. The predicted octanol–water partition coefficient (Wildman–Crippen LogP) is 3.15. The molecule has 0 fully saturated rings. The van der Waals surface area contributed by atoms with Gasteiger partial charge in [-0.2, -0.15) is 13.2 Å². The van der Waals surface area contributed by atoms with E-state index in [1.54, 1.807) is 6.92 Å². The fraction of sp³-hybridized carbons (Fsp3) is 0.417. The average molecular weight is 263 g/mol. The molecule has 0 aliphatic heterocycles. The van der Waals surface area contributed by atoms with Crippen LogP contribution in [0.4, 0.5) is 17.6 Å². The standard InChI is InChI=1S/C12H13F4NO/c1-3-11(2,17)10(18)7-4-5-8(9(13)6-7)12(14,15)16/h4-6H,3,17H2,1-2H3. The van der Waals surface area contributed by atoms with Crippen LogP contribution in [0.1, 0.15) is 36.2 Å². The van der Waals surface area contributed by atoms with Crippen molar-refractivity contribution in [1.29, 1.82) is 0 Å². The fourth-order valence-electron chi connectivity index (χ4n) is 1.38. The molecule has 1 aromatic carbocycles. The summed E-state index contributed by atoms with van der Waals surface area (Å²) in [5.74, 6) is -2.06. The quantitative estimate of drug-likeness (QED) is 0.672. The lowest BCUT2D eigenvalue weighted by Crippen LogP contribution is -2.44. The van der Waals surface area contributed by atoms with E-state index in [0.717, 1.165) is 6.07 Å². The Balaban J connectivity index is 3.17. The molecule has 0 bridgehead atoms. The van der Waals surface area contributed by atoms with Gasteiger partial charge in [0.05, 0.1) is 11.1 Å². The van der Waals surface area contributed by atoms with Crippen LogP contribution in [0.5, 0.6) is 0 Å². The van der Waals surface area contributed by atoms with Crippen molar-refractivity contribution in [3.8, 4) is 0 Å². The summed E-state index contributed by atoms with van der Waals surface area (Å²) in [5.41, 5.74) is 2.90. The molecule has 0 spiro atoms. The van der Waals surface area contributed by atoms with Gasteiger partial charge in [0.1, 0.15) is 5.82 Å². The summed E-state index contributed by atoms with van der Waals surface area (Å²) >= 11 is 0. The molecular weight excluding hydrogens is 250 g/mol. The Morgan fingerprint density at radius 3 is 2.28 bits per heavy atom.